The molecule has 0 saturated heterocycles. The minimum Gasteiger partial charge on any atom is -0.457 e. The van der Waals surface area contributed by atoms with Crippen molar-refractivity contribution in [1.29, 1.82) is 0 Å². The van der Waals surface area contributed by atoms with Crippen LogP contribution in [0, 0.1) is 0 Å². The standard InChI is InChI=1S/C16H19NO2/c1-13(12-18)17-11-14-6-5-9-16(10-14)19-15-7-3-2-4-8-15/h2-10,13,17-18H,11-12H2,1H3. The van der Waals surface area contributed by atoms with Crippen molar-refractivity contribution in [3.8, 4) is 11.5 Å². The summed E-state index contributed by atoms with van der Waals surface area (Å²) in [5, 5.41) is 12.2. The van der Waals surface area contributed by atoms with E-state index in [0.717, 1.165) is 17.1 Å². The monoisotopic (exact) mass is 257 g/mol. The molecule has 0 bridgehead atoms. The van der Waals surface area contributed by atoms with E-state index in [-0.39, 0.29) is 12.6 Å². The Balaban J connectivity index is 1.99. The van der Waals surface area contributed by atoms with Gasteiger partial charge in [0.05, 0.1) is 6.61 Å². The summed E-state index contributed by atoms with van der Waals surface area (Å²) in [6.07, 6.45) is 0. The van der Waals surface area contributed by atoms with Gasteiger partial charge in [-0.2, -0.15) is 0 Å². The molecule has 2 N–H and O–H groups in total. The fourth-order valence-electron chi connectivity index (χ4n) is 1.70. The molecule has 19 heavy (non-hydrogen) atoms. The summed E-state index contributed by atoms with van der Waals surface area (Å²) in [7, 11) is 0. The molecule has 3 nitrogen and oxygen atoms in total. The van der Waals surface area contributed by atoms with Crippen LogP contribution >= 0.6 is 0 Å². The van der Waals surface area contributed by atoms with E-state index in [0.29, 0.717) is 6.54 Å². The maximum atomic E-state index is 8.98. The first-order valence-electron chi connectivity index (χ1n) is 6.44. The molecule has 3 heteroatoms. The molecule has 0 aliphatic rings. The van der Waals surface area contributed by atoms with Gasteiger partial charge in [0.15, 0.2) is 0 Å². The molecule has 2 aromatic rings. The zero-order valence-corrected chi connectivity index (χ0v) is 11.0. The highest BCUT2D eigenvalue weighted by molar-refractivity contribution is 5.33. The molecule has 0 spiro atoms. The number of aliphatic hydroxyl groups is 1. The summed E-state index contributed by atoms with van der Waals surface area (Å²) in [5.74, 6) is 1.65. The minimum atomic E-state index is 0.0960. The number of hydrogen-bond donors (Lipinski definition) is 2. The minimum absolute atomic E-state index is 0.0960. The van der Waals surface area contributed by atoms with Crippen LogP contribution in [0.5, 0.6) is 11.5 Å². The van der Waals surface area contributed by atoms with Gasteiger partial charge in [-0.15, -0.1) is 0 Å². The molecule has 2 aromatic carbocycles. The van der Waals surface area contributed by atoms with Gasteiger partial charge in [0.2, 0.25) is 0 Å². The van der Waals surface area contributed by atoms with Crippen molar-refractivity contribution in [3.63, 3.8) is 0 Å². The molecule has 0 fully saturated rings. The van der Waals surface area contributed by atoms with E-state index in [1.807, 2.05) is 61.5 Å². The Morgan fingerprint density at radius 2 is 1.79 bits per heavy atom. The number of hydrogen-bond acceptors (Lipinski definition) is 3. The lowest BCUT2D eigenvalue weighted by Gasteiger charge is -2.11. The molecule has 0 aliphatic heterocycles. The van der Waals surface area contributed by atoms with Gasteiger partial charge in [-0.25, -0.2) is 0 Å². The average Bonchev–Trinajstić information content (AvgIpc) is 2.46. The second-order valence-corrected chi connectivity index (χ2v) is 4.53. The van der Waals surface area contributed by atoms with Crippen LogP contribution in [0.4, 0.5) is 0 Å². The molecule has 2 rings (SSSR count). The molecule has 1 unspecified atom stereocenters. The van der Waals surface area contributed by atoms with E-state index < -0.39 is 0 Å². The Morgan fingerprint density at radius 3 is 2.53 bits per heavy atom. The number of benzene rings is 2. The van der Waals surface area contributed by atoms with Gasteiger partial charge < -0.3 is 15.2 Å². The molecule has 100 valence electrons. The van der Waals surface area contributed by atoms with Crippen molar-refractivity contribution in [2.75, 3.05) is 6.61 Å². The normalized spacial score (nSPS) is 12.1. The van der Waals surface area contributed by atoms with E-state index >= 15 is 0 Å². The van der Waals surface area contributed by atoms with Crippen LogP contribution in [0.2, 0.25) is 0 Å². The zero-order chi connectivity index (χ0) is 13.5. The summed E-state index contributed by atoms with van der Waals surface area (Å²) in [4.78, 5) is 0. The highest BCUT2D eigenvalue weighted by atomic mass is 16.5. The number of para-hydroxylation sites is 1. The maximum Gasteiger partial charge on any atom is 0.127 e. The van der Waals surface area contributed by atoms with Gasteiger partial charge >= 0.3 is 0 Å². The van der Waals surface area contributed by atoms with E-state index in [1.54, 1.807) is 0 Å². The van der Waals surface area contributed by atoms with Gasteiger partial charge in [-0.3, -0.25) is 0 Å². The molecular formula is C16H19NO2. The maximum absolute atomic E-state index is 8.98. The second-order valence-electron chi connectivity index (χ2n) is 4.53. The van der Waals surface area contributed by atoms with Crippen molar-refractivity contribution in [3.05, 3.63) is 60.2 Å². The highest BCUT2D eigenvalue weighted by Gasteiger charge is 2.01. The first-order valence-corrected chi connectivity index (χ1v) is 6.44. The SMILES string of the molecule is CC(CO)NCc1cccc(Oc2ccccc2)c1. The van der Waals surface area contributed by atoms with Gasteiger partial charge in [0.25, 0.3) is 0 Å². The predicted molar refractivity (Wildman–Crippen MR) is 76.3 cm³/mol. The first kappa shape index (κ1) is 13.6. The topological polar surface area (TPSA) is 41.5 Å². The predicted octanol–water partition coefficient (Wildman–Crippen LogP) is 2.95. The lowest BCUT2D eigenvalue weighted by atomic mass is 10.2. The Hall–Kier alpha value is -1.84. The van der Waals surface area contributed by atoms with Crippen LogP contribution in [0.3, 0.4) is 0 Å². The number of nitrogens with one attached hydrogen (secondary N) is 1. The van der Waals surface area contributed by atoms with Gasteiger partial charge in [0, 0.05) is 12.6 Å². The fourth-order valence-corrected chi connectivity index (χ4v) is 1.70. The highest BCUT2D eigenvalue weighted by Crippen LogP contribution is 2.21. The molecule has 0 radical (unpaired) electrons. The Kier molecular flexibility index (Phi) is 4.95. The molecular weight excluding hydrogens is 238 g/mol. The first-order chi connectivity index (χ1) is 9.28. The Labute approximate surface area is 113 Å². The Bertz CT molecular complexity index is 499. The van der Waals surface area contributed by atoms with Crippen LogP contribution in [0.1, 0.15) is 12.5 Å². The fraction of sp³-hybridized carbons (Fsp3) is 0.250. The van der Waals surface area contributed by atoms with Gasteiger partial charge in [-0.1, -0.05) is 30.3 Å². The van der Waals surface area contributed by atoms with Crippen molar-refractivity contribution >= 4 is 0 Å². The summed E-state index contributed by atoms with van der Waals surface area (Å²) in [6, 6.07) is 17.8. The molecule has 0 amide bonds. The summed E-state index contributed by atoms with van der Waals surface area (Å²) in [5.41, 5.74) is 1.13. The summed E-state index contributed by atoms with van der Waals surface area (Å²) < 4.78 is 5.77. The van der Waals surface area contributed by atoms with Crippen molar-refractivity contribution in [2.24, 2.45) is 0 Å². The largest absolute Gasteiger partial charge is 0.457 e. The summed E-state index contributed by atoms with van der Waals surface area (Å²) >= 11 is 0. The van der Waals surface area contributed by atoms with E-state index in [1.165, 1.54) is 0 Å². The van der Waals surface area contributed by atoms with Crippen molar-refractivity contribution in [2.45, 2.75) is 19.5 Å². The third-order valence-corrected chi connectivity index (χ3v) is 2.81. The lowest BCUT2D eigenvalue weighted by molar-refractivity contribution is 0.251. The van der Waals surface area contributed by atoms with Crippen LogP contribution in [0.25, 0.3) is 0 Å². The second kappa shape index (κ2) is 6.92. The molecule has 0 aliphatic carbocycles. The van der Waals surface area contributed by atoms with Gasteiger partial charge in [-0.05, 0) is 36.8 Å². The zero-order valence-electron chi connectivity index (χ0n) is 11.0. The van der Waals surface area contributed by atoms with Crippen molar-refractivity contribution < 1.29 is 9.84 Å². The third kappa shape index (κ3) is 4.39. The number of ether oxygens (including phenoxy) is 1. The van der Waals surface area contributed by atoms with E-state index in [4.69, 9.17) is 9.84 Å². The summed E-state index contributed by atoms with van der Waals surface area (Å²) in [6.45, 7) is 2.80. The van der Waals surface area contributed by atoms with E-state index in [2.05, 4.69) is 5.32 Å². The Morgan fingerprint density at radius 1 is 1.05 bits per heavy atom. The smallest absolute Gasteiger partial charge is 0.127 e. The average molecular weight is 257 g/mol. The lowest BCUT2D eigenvalue weighted by Crippen LogP contribution is -2.28. The van der Waals surface area contributed by atoms with Crippen LogP contribution in [-0.2, 0) is 6.54 Å². The van der Waals surface area contributed by atoms with Gasteiger partial charge in [0.1, 0.15) is 11.5 Å². The van der Waals surface area contributed by atoms with Crippen LogP contribution in [0.15, 0.2) is 54.6 Å². The quantitative estimate of drug-likeness (QED) is 0.836. The van der Waals surface area contributed by atoms with Crippen LogP contribution < -0.4 is 10.1 Å². The van der Waals surface area contributed by atoms with E-state index in [9.17, 15) is 0 Å². The molecule has 0 aromatic heterocycles. The van der Waals surface area contributed by atoms with Crippen LogP contribution in [-0.4, -0.2) is 17.8 Å². The molecule has 1 atom stereocenters. The van der Waals surface area contributed by atoms with Crippen molar-refractivity contribution in [1.82, 2.24) is 5.32 Å². The third-order valence-electron chi connectivity index (χ3n) is 2.81. The molecule has 0 heterocycles. The number of aliphatic hydroxyl groups excluding tert-OH is 1. The molecule has 0 saturated carbocycles. The number of rotatable bonds is 6.